The summed E-state index contributed by atoms with van der Waals surface area (Å²) in [6, 6.07) is 11.7. The zero-order valence-corrected chi connectivity index (χ0v) is 18.7. The molecular weight excluding hydrogens is 412 g/mol. The molecule has 0 unspecified atom stereocenters. The van der Waals surface area contributed by atoms with Gasteiger partial charge in [0.15, 0.2) is 4.77 Å². The second-order valence-corrected chi connectivity index (χ2v) is 7.43. The Bertz CT molecular complexity index is 1220. The minimum Gasteiger partial charge on any atom is -0.497 e. The molecule has 9 heteroatoms. The lowest BCUT2D eigenvalue weighted by molar-refractivity contribution is -0.117. The molecule has 2 heterocycles. The number of benzene rings is 1. The van der Waals surface area contributed by atoms with Crippen LogP contribution in [0.5, 0.6) is 5.75 Å². The van der Waals surface area contributed by atoms with Gasteiger partial charge in [-0.25, -0.2) is 0 Å². The molecule has 160 valence electrons. The van der Waals surface area contributed by atoms with Crippen LogP contribution >= 0.6 is 12.2 Å². The van der Waals surface area contributed by atoms with Crippen LogP contribution in [0, 0.1) is 29.9 Å². The fraction of sp³-hybridized carbons (Fsp3) is 0.273. The second-order valence-electron chi connectivity index (χ2n) is 7.04. The molecule has 0 radical (unpaired) electrons. The minimum atomic E-state index is -0.423. The van der Waals surface area contributed by atoms with Crippen LogP contribution in [0.15, 0.2) is 35.9 Å². The zero-order valence-electron chi connectivity index (χ0n) is 17.9. The lowest BCUT2D eigenvalue weighted by atomic mass is 10.1. The second kappa shape index (κ2) is 9.45. The van der Waals surface area contributed by atoms with Crippen molar-refractivity contribution >= 4 is 24.2 Å². The molecule has 0 aliphatic rings. The monoisotopic (exact) mass is 436 g/mol. The van der Waals surface area contributed by atoms with Gasteiger partial charge in [-0.15, -0.1) is 0 Å². The Hall–Kier alpha value is -3.64. The summed E-state index contributed by atoms with van der Waals surface area (Å²) < 4.78 is 9.56. The minimum absolute atomic E-state index is 0.0466. The highest BCUT2D eigenvalue weighted by atomic mass is 32.1. The number of rotatable bonds is 7. The Morgan fingerprint density at radius 3 is 2.65 bits per heavy atom. The molecule has 8 nitrogen and oxygen atoms in total. The highest BCUT2D eigenvalue weighted by Gasteiger charge is 2.14. The SMILES string of the molecule is COc1ccc(-n2c(C)cc(/C=C(/C#N)C(=O)NCCc3n[nH]c(=S)n3C)c2C)cc1. The normalized spacial score (nSPS) is 11.3. The maximum atomic E-state index is 12.5. The first-order valence-corrected chi connectivity index (χ1v) is 10.1. The summed E-state index contributed by atoms with van der Waals surface area (Å²) in [6.07, 6.45) is 2.12. The third-order valence-corrected chi connectivity index (χ3v) is 5.44. The van der Waals surface area contributed by atoms with Crippen molar-refractivity contribution in [3.05, 3.63) is 63.5 Å². The first kappa shape index (κ1) is 22.1. The maximum absolute atomic E-state index is 12.5. The smallest absolute Gasteiger partial charge is 0.261 e. The lowest BCUT2D eigenvalue weighted by Crippen LogP contribution is -2.27. The molecule has 0 saturated heterocycles. The molecule has 0 aliphatic carbocycles. The topological polar surface area (TPSA) is 101 Å². The summed E-state index contributed by atoms with van der Waals surface area (Å²) in [5, 5.41) is 19.1. The van der Waals surface area contributed by atoms with Crippen molar-refractivity contribution < 1.29 is 9.53 Å². The Morgan fingerprint density at radius 1 is 1.35 bits per heavy atom. The van der Waals surface area contributed by atoms with Crippen molar-refractivity contribution in [3.8, 4) is 17.5 Å². The summed E-state index contributed by atoms with van der Waals surface area (Å²) in [4.78, 5) is 12.5. The number of carbonyl (C=O) groups excluding carboxylic acids is 1. The van der Waals surface area contributed by atoms with Crippen LogP contribution in [0.1, 0.15) is 22.8 Å². The summed E-state index contributed by atoms with van der Waals surface area (Å²) in [5.41, 5.74) is 3.77. The van der Waals surface area contributed by atoms with Crippen molar-refractivity contribution in [3.63, 3.8) is 0 Å². The van der Waals surface area contributed by atoms with Gasteiger partial charge in [-0.2, -0.15) is 10.4 Å². The van der Waals surface area contributed by atoms with E-state index < -0.39 is 5.91 Å². The van der Waals surface area contributed by atoms with Crippen molar-refractivity contribution in [1.29, 1.82) is 5.26 Å². The van der Waals surface area contributed by atoms with E-state index >= 15 is 0 Å². The van der Waals surface area contributed by atoms with Crippen LogP contribution in [0.2, 0.25) is 0 Å². The predicted molar refractivity (Wildman–Crippen MR) is 120 cm³/mol. The number of amides is 1. The van der Waals surface area contributed by atoms with Gasteiger partial charge in [0.25, 0.3) is 5.91 Å². The molecule has 1 amide bonds. The van der Waals surface area contributed by atoms with E-state index in [4.69, 9.17) is 17.0 Å². The summed E-state index contributed by atoms with van der Waals surface area (Å²) >= 11 is 5.08. The molecule has 1 aromatic carbocycles. The summed E-state index contributed by atoms with van der Waals surface area (Å²) in [7, 11) is 3.44. The predicted octanol–water partition coefficient (Wildman–Crippen LogP) is 3.16. The van der Waals surface area contributed by atoms with E-state index in [0.717, 1.165) is 34.2 Å². The van der Waals surface area contributed by atoms with Crippen LogP contribution in [-0.2, 0) is 18.3 Å². The molecule has 3 rings (SSSR count). The Morgan fingerprint density at radius 2 is 2.06 bits per heavy atom. The standard InChI is InChI=1S/C22H24N6O2S/c1-14-11-16(15(2)28(14)18-5-7-19(30-4)8-6-18)12-17(13-23)21(29)24-10-9-20-25-26-22(31)27(20)3/h5-8,11-12H,9-10H2,1-4H3,(H,24,29)(H,26,31)/b17-12-. The van der Waals surface area contributed by atoms with Gasteiger partial charge in [0.2, 0.25) is 0 Å². The Kier molecular flexibility index (Phi) is 6.72. The van der Waals surface area contributed by atoms with Gasteiger partial charge in [0.1, 0.15) is 23.2 Å². The van der Waals surface area contributed by atoms with Gasteiger partial charge in [0, 0.05) is 37.1 Å². The highest BCUT2D eigenvalue weighted by Crippen LogP contribution is 2.24. The molecule has 2 aromatic heterocycles. The first-order valence-electron chi connectivity index (χ1n) is 9.69. The number of nitrogens with one attached hydrogen (secondary N) is 2. The molecule has 0 aliphatic heterocycles. The van der Waals surface area contributed by atoms with Crippen molar-refractivity contribution in [1.82, 2.24) is 24.6 Å². The molecule has 0 saturated carbocycles. The molecule has 2 N–H and O–H groups in total. The van der Waals surface area contributed by atoms with Crippen molar-refractivity contribution in [2.24, 2.45) is 7.05 Å². The average Bonchev–Trinajstić information content (AvgIpc) is 3.24. The molecule has 0 bridgehead atoms. The van der Waals surface area contributed by atoms with Crippen LogP contribution in [0.4, 0.5) is 0 Å². The van der Waals surface area contributed by atoms with Crippen LogP contribution in [0.25, 0.3) is 11.8 Å². The van der Waals surface area contributed by atoms with Crippen molar-refractivity contribution in [2.75, 3.05) is 13.7 Å². The number of hydrogen-bond acceptors (Lipinski definition) is 5. The number of aryl methyl sites for hydroxylation is 1. The summed E-state index contributed by atoms with van der Waals surface area (Å²) in [6.45, 7) is 4.29. The highest BCUT2D eigenvalue weighted by molar-refractivity contribution is 7.71. The Balaban J connectivity index is 1.77. The van der Waals surface area contributed by atoms with E-state index in [1.165, 1.54) is 0 Å². The molecule has 3 aromatic rings. The van der Waals surface area contributed by atoms with E-state index in [1.807, 2.05) is 57.3 Å². The molecule has 31 heavy (non-hydrogen) atoms. The number of methoxy groups -OCH3 is 1. The molecular formula is C22H24N6O2S. The molecule has 0 spiro atoms. The number of ether oxygens (including phenoxy) is 1. The molecule has 0 fully saturated rings. The fourth-order valence-corrected chi connectivity index (χ4v) is 3.50. The Labute approximate surface area is 185 Å². The number of hydrogen-bond donors (Lipinski definition) is 2. The van der Waals surface area contributed by atoms with E-state index in [-0.39, 0.29) is 5.57 Å². The van der Waals surface area contributed by atoms with E-state index in [9.17, 15) is 10.1 Å². The average molecular weight is 437 g/mol. The number of nitriles is 1. The lowest BCUT2D eigenvalue weighted by Gasteiger charge is -2.10. The maximum Gasteiger partial charge on any atom is 0.261 e. The van der Waals surface area contributed by atoms with Crippen LogP contribution in [0.3, 0.4) is 0 Å². The van der Waals surface area contributed by atoms with Gasteiger partial charge in [-0.3, -0.25) is 9.89 Å². The summed E-state index contributed by atoms with van der Waals surface area (Å²) in [5.74, 6) is 1.09. The molecule has 0 atom stereocenters. The van der Waals surface area contributed by atoms with E-state index in [0.29, 0.717) is 17.7 Å². The zero-order chi connectivity index (χ0) is 22.5. The van der Waals surface area contributed by atoms with Gasteiger partial charge in [-0.1, -0.05) is 0 Å². The van der Waals surface area contributed by atoms with Crippen LogP contribution in [-0.4, -0.2) is 38.9 Å². The largest absolute Gasteiger partial charge is 0.497 e. The number of aromatic nitrogens is 4. The number of nitrogens with zero attached hydrogens (tertiary/aromatic N) is 4. The van der Waals surface area contributed by atoms with Gasteiger partial charge >= 0.3 is 0 Å². The number of aromatic amines is 1. The third kappa shape index (κ3) is 4.75. The van der Waals surface area contributed by atoms with Gasteiger partial charge in [-0.05, 0) is 68.0 Å². The van der Waals surface area contributed by atoms with E-state index in [2.05, 4.69) is 20.1 Å². The fourth-order valence-electron chi connectivity index (χ4n) is 3.35. The van der Waals surface area contributed by atoms with Gasteiger partial charge < -0.3 is 19.2 Å². The third-order valence-electron chi connectivity index (χ3n) is 5.07. The van der Waals surface area contributed by atoms with Crippen LogP contribution < -0.4 is 10.1 Å². The first-order chi connectivity index (χ1) is 14.8. The van der Waals surface area contributed by atoms with Gasteiger partial charge in [0.05, 0.1) is 7.11 Å². The number of carbonyl (C=O) groups is 1. The quantitative estimate of drug-likeness (QED) is 0.337. The van der Waals surface area contributed by atoms with E-state index in [1.54, 1.807) is 17.8 Å². The van der Waals surface area contributed by atoms with Crippen molar-refractivity contribution in [2.45, 2.75) is 20.3 Å². The number of H-pyrrole nitrogens is 1.